The third-order valence-corrected chi connectivity index (χ3v) is 5.40. The molecule has 24 heavy (non-hydrogen) atoms. The van der Waals surface area contributed by atoms with Crippen LogP contribution in [0.5, 0.6) is 0 Å². The van der Waals surface area contributed by atoms with Gasteiger partial charge in [-0.2, -0.15) is 5.26 Å². The zero-order valence-electron chi connectivity index (χ0n) is 13.7. The van der Waals surface area contributed by atoms with Gasteiger partial charge in [0, 0.05) is 18.2 Å². The quantitative estimate of drug-likeness (QED) is 0.926. The molecule has 3 aliphatic heterocycles. The molecule has 3 saturated heterocycles. The van der Waals surface area contributed by atoms with Crippen molar-refractivity contribution in [1.29, 1.82) is 5.26 Å². The van der Waals surface area contributed by atoms with Crippen molar-refractivity contribution in [2.75, 3.05) is 19.6 Å². The highest BCUT2D eigenvalue weighted by molar-refractivity contribution is 5.99. The Morgan fingerprint density at radius 1 is 1.21 bits per heavy atom. The van der Waals surface area contributed by atoms with E-state index in [-0.39, 0.29) is 11.9 Å². The molecule has 4 heteroatoms. The van der Waals surface area contributed by atoms with E-state index in [0.717, 1.165) is 29.7 Å². The number of carbonyl (C=O) groups is 1. The molecule has 0 spiro atoms. The Bertz CT molecular complexity index is 801. The number of nitriles is 1. The lowest BCUT2D eigenvalue weighted by atomic mass is 9.94. The van der Waals surface area contributed by atoms with Gasteiger partial charge in [-0.1, -0.05) is 18.2 Å². The van der Waals surface area contributed by atoms with Crippen LogP contribution in [-0.2, 0) is 0 Å². The molecule has 1 unspecified atom stereocenters. The summed E-state index contributed by atoms with van der Waals surface area (Å²) in [5.41, 5.74) is 1.32. The Morgan fingerprint density at radius 2 is 2.04 bits per heavy atom. The van der Waals surface area contributed by atoms with Crippen molar-refractivity contribution < 1.29 is 4.79 Å². The van der Waals surface area contributed by atoms with Crippen LogP contribution in [0.1, 0.15) is 35.2 Å². The molecule has 3 aliphatic rings. The molecule has 2 aromatic carbocycles. The minimum absolute atomic E-state index is 0.00763. The molecule has 3 fully saturated rings. The summed E-state index contributed by atoms with van der Waals surface area (Å²) in [5.74, 6) is 0.746. The minimum Gasteiger partial charge on any atom is -0.348 e. The Balaban J connectivity index is 1.54. The van der Waals surface area contributed by atoms with Crippen molar-refractivity contribution in [3.8, 4) is 6.07 Å². The lowest BCUT2D eigenvalue weighted by molar-refractivity contribution is 0.0929. The van der Waals surface area contributed by atoms with Crippen molar-refractivity contribution in [3.63, 3.8) is 0 Å². The first-order valence-electron chi connectivity index (χ1n) is 8.69. The average molecular weight is 319 g/mol. The number of amides is 1. The molecule has 122 valence electrons. The number of nitrogens with one attached hydrogen (secondary N) is 1. The van der Waals surface area contributed by atoms with Gasteiger partial charge >= 0.3 is 0 Å². The lowest BCUT2D eigenvalue weighted by Gasteiger charge is -2.26. The second-order valence-corrected chi connectivity index (χ2v) is 7.00. The Labute approximate surface area is 142 Å². The van der Waals surface area contributed by atoms with Crippen LogP contribution in [0.25, 0.3) is 10.8 Å². The lowest BCUT2D eigenvalue weighted by Crippen LogP contribution is -2.41. The van der Waals surface area contributed by atoms with Crippen LogP contribution < -0.4 is 5.32 Å². The molecule has 0 aromatic heterocycles. The van der Waals surface area contributed by atoms with Gasteiger partial charge in [0.25, 0.3) is 5.91 Å². The predicted molar refractivity (Wildman–Crippen MR) is 93.7 cm³/mol. The average Bonchev–Trinajstić information content (AvgIpc) is 2.93. The van der Waals surface area contributed by atoms with E-state index < -0.39 is 0 Å². The smallest absolute Gasteiger partial charge is 0.251 e. The van der Waals surface area contributed by atoms with Gasteiger partial charge in [0.1, 0.15) is 0 Å². The van der Waals surface area contributed by atoms with E-state index in [1.165, 1.54) is 25.9 Å². The fourth-order valence-corrected chi connectivity index (χ4v) is 4.09. The summed E-state index contributed by atoms with van der Waals surface area (Å²) in [5, 5.41) is 14.2. The highest BCUT2D eigenvalue weighted by atomic mass is 16.1. The summed E-state index contributed by atoms with van der Waals surface area (Å²) in [4.78, 5) is 15.1. The van der Waals surface area contributed by atoms with Crippen LogP contribution in [0, 0.1) is 17.2 Å². The molecule has 0 aliphatic carbocycles. The van der Waals surface area contributed by atoms with E-state index in [2.05, 4.69) is 16.3 Å². The van der Waals surface area contributed by atoms with Crippen LogP contribution in [0.3, 0.4) is 0 Å². The first-order chi connectivity index (χ1) is 11.7. The third-order valence-electron chi connectivity index (χ3n) is 5.40. The molecule has 1 atom stereocenters. The summed E-state index contributed by atoms with van der Waals surface area (Å²) in [7, 11) is 0. The number of rotatable bonds is 2. The van der Waals surface area contributed by atoms with Crippen LogP contribution in [-0.4, -0.2) is 36.5 Å². The molecule has 0 saturated carbocycles. The maximum absolute atomic E-state index is 12.7. The molecule has 0 radical (unpaired) electrons. The van der Waals surface area contributed by atoms with E-state index in [9.17, 15) is 10.1 Å². The number of hydrogen-bond donors (Lipinski definition) is 1. The Morgan fingerprint density at radius 3 is 2.83 bits per heavy atom. The van der Waals surface area contributed by atoms with Gasteiger partial charge < -0.3 is 10.2 Å². The molecule has 1 N–H and O–H groups in total. The SMILES string of the molecule is N#Cc1cccc2cc(C(=O)NC3CC4CCN(CC4)C3)ccc12. The fraction of sp³-hybridized carbons (Fsp3) is 0.400. The number of fused-ring (bicyclic) bond motifs is 5. The van der Waals surface area contributed by atoms with Gasteiger partial charge in [0.15, 0.2) is 0 Å². The van der Waals surface area contributed by atoms with Crippen molar-refractivity contribution in [3.05, 3.63) is 47.5 Å². The zero-order valence-corrected chi connectivity index (χ0v) is 13.7. The first kappa shape index (κ1) is 15.2. The largest absolute Gasteiger partial charge is 0.348 e. The summed E-state index contributed by atoms with van der Waals surface area (Å²) < 4.78 is 0. The Kier molecular flexibility index (Phi) is 3.95. The standard InChI is InChI=1S/C20H21N3O/c21-12-17-3-1-2-15-11-16(4-5-19(15)17)20(24)22-18-10-14-6-8-23(13-18)9-7-14/h1-5,11,14,18H,6-10,13H2,(H,22,24). The molecule has 4 nitrogen and oxygen atoms in total. The van der Waals surface area contributed by atoms with Gasteiger partial charge in [0.2, 0.25) is 0 Å². The molecule has 2 bridgehead atoms. The van der Waals surface area contributed by atoms with Gasteiger partial charge in [-0.25, -0.2) is 0 Å². The highest BCUT2D eigenvalue weighted by Crippen LogP contribution is 2.27. The topological polar surface area (TPSA) is 56.1 Å². The molecule has 5 rings (SSSR count). The van der Waals surface area contributed by atoms with E-state index in [4.69, 9.17) is 0 Å². The van der Waals surface area contributed by atoms with Gasteiger partial charge in [-0.15, -0.1) is 0 Å². The summed E-state index contributed by atoms with van der Waals surface area (Å²) in [6.07, 6.45) is 3.62. The molecule has 1 amide bonds. The number of piperidine rings is 1. The number of nitrogens with zero attached hydrogens (tertiary/aromatic N) is 2. The summed E-state index contributed by atoms with van der Waals surface area (Å²) >= 11 is 0. The molecular weight excluding hydrogens is 298 g/mol. The van der Waals surface area contributed by atoms with Crippen LogP contribution in [0.15, 0.2) is 36.4 Å². The zero-order chi connectivity index (χ0) is 16.5. The van der Waals surface area contributed by atoms with Crippen LogP contribution in [0.2, 0.25) is 0 Å². The van der Waals surface area contributed by atoms with Gasteiger partial charge in [-0.05, 0) is 67.2 Å². The Hall–Kier alpha value is -2.38. The summed E-state index contributed by atoms with van der Waals surface area (Å²) in [6.45, 7) is 3.31. The second kappa shape index (κ2) is 6.26. The summed E-state index contributed by atoms with van der Waals surface area (Å²) in [6, 6.07) is 13.6. The molecule has 3 heterocycles. The molecular formula is C20H21N3O. The normalized spacial score (nSPS) is 25.9. The monoisotopic (exact) mass is 319 g/mol. The van der Waals surface area contributed by atoms with E-state index >= 15 is 0 Å². The third kappa shape index (κ3) is 2.88. The van der Waals surface area contributed by atoms with E-state index in [1.54, 1.807) is 6.07 Å². The van der Waals surface area contributed by atoms with Crippen LogP contribution >= 0.6 is 0 Å². The van der Waals surface area contributed by atoms with Crippen molar-refractivity contribution >= 4 is 16.7 Å². The number of benzene rings is 2. The van der Waals surface area contributed by atoms with Gasteiger partial charge in [-0.3, -0.25) is 4.79 Å². The minimum atomic E-state index is -0.00763. The number of hydrogen-bond acceptors (Lipinski definition) is 3. The van der Waals surface area contributed by atoms with Crippen molar-refractivity contribution in [1.82, 2.24) is 10.2 Å². The molecule has 2 aromatic rings. The predicted octanol–water partition coefficient (Wildman–Crippen LogP) is 2.93. The van der Waals surface area contributed by atoms with E-state index in [1.807, 2.05) is 30.3 Å². The van der Waals surface area contributed by atoms with E-state index in [0.29, 0.717) is 11.1 Å². The fourth-order valence-electron chi connectivity index (χ4n) is 4.09. The number of carbonyl (C=O) groups excluding carboxylic acids is 1. The maximum atomic E-state index is 12.7. The maximum Gasteiger partial charge on any atom is 0.251 e. The highest BCUT2D eigenvalue weighted by Gasteiger charge is 2.29. The van der Waals surface area contributed by atoms with Crippen molar-refractivity contribution in [2.24, 2.45) is 5.92 Å². The van der Waals surface area contributed by atoms with Gasteiger partial charge in [0.05, 0.1) is 11.6 Å². The first-order valence-corrected chi connectivity index (χ1v) is 8.69. The van der Waals surface area contributed by atoms with Crippen molar-refractivity contribution in [2.45, 2.75) is 25.3 Å². The second-order valence-electron chi connectivity index (χ2n) is 7.00. The van der Waals surface area contributed by atoms with Crippen LogP contribution in [0.4, 0.5) is 0 Å².